The molecule has 4 rings (SSSR count). The van der Waals surface area contributed by atoms with Gasteiger partial charge < -0.3 is 5.32 Å². The number of nitrogens with zero attached hydrogens (tertiary/aromatic N) is 1. The SMILES string of the molecule is O=C(CN(Cc1ccccc1Cl)S(=O)(=O)c1ccc(Br)cc1)Nc1ccccc1Sc1ccccc1. The summed E-state index contributed by atoms with van der Waals surface area (Å²) in [5.74, 6) is -0.455. The van der Waals surface area contributed by atoms with Crippen LogP contribution in [-0.2, 0) is 21.4 Å². The summed E-state index contributed by atoms with van der Waals surface area (Å²) in [5, 5.41) is 3.32. The first-order valence-electron chi connectivity index (χ1n) is 10.9. The van der Waals surface area contributed by atoms with E-state index in [1.54, 1.807) is 42.5 Å². The van der Waals surface area contributed by atoms with Crippen LogP contribution < -0.4 is 5.32 Å². The number of carbonyl (C=O) groups excluding carboxylic acids is 1. The minimum absolute atomic E-state index is 0.0497. The van der Waals surface area contributed by atoms with Gasteiger partial charge in [-0.3, -0.25) is 4.79 Å². The zero-order chi connectivity index (χ0) is 25.5. The second-order valence-corrected chi connectivity index (χ2v) is 12.2. The molecule has 0 atom stereocenters. The van der Waals surface area contributed by atoms with Crippen molar-refractivity contribution < 1.29 is 13.2 Å². The topological polar surface area (TPSA) is 66.5 Å². The van der Waals surface area contributed by atoms with E-state index in [9.17, 15) is 13.2 Å². The molecule has 4 aromatic carbocycles. The standard InChI is InChI=1S/C27H22BrClN2O3S2/c28-21-14-16-23(17-15-21)36(33,34)31(18-20-8-4-5-11-24(20)29)19-27(32)30-25-12-6-7-13-26(25)35-22-9-2-1-3-10-22/h1-17H,18-19H2,(H,30,32). The van der Waals surface area contributed by atoms with Crippen LogP contribution in [0.15, 0.2) is 122 Å². The first kappa shape index (κ1) is 26.4. The molecule has 0 fully saturated rings. The van der Waals surface area contributed by atoms with E-state index in [0.29, 0.717) is 16.3 Å². The predicted octanol–water partition coefficient (Wildman–Crippen LogP) is 7.08. The van der Waals surface area contributed by atoms with Crippen LogP contribution in [0.4, 0.5) is 5.69 Å². The molecule has 0 aliphatic heterocycles. The Morgan fingerprint density at radius 3 is 2.22 bits per heavy atom. The predicted molar refractivity (Wildman–Crippen MR) is 149 cm³/mol. The largest absolute Gasteiger partial charge is 0.324 e. The second-order valence-electron chi connectivity index (χ2n) is 7.78. The van der Waals surface area contributed by atoms with Gasteiger partial charge in [0.05, 0.1) is 17.1 Å². The first-order chi connectivity index (χ1) is 17.3. The zero-order valence-corrected chi connectivity index (χ0v) is 22.9. The van der Waals surface area contributed by atoms with E-state index >= 15 is 0 Å². The van der Waals surface area contributed by atoms with Gasteiger partial charge in [-0.2, -0.15) is 4.31 Å². The van der Waals surface area contributed by atoms with Crippen molar-refractivity contribution in [1.82, 2.24) is 4.31 Å². The molecule has 0 saturated heterocycles. The van der Waals surface area contributed by atoms with E-state index in [1.165, 1.54) is 23.9 Å². The Bertz CT molecular complexity index is 1450. The lowest BCUT2D eigenvalue weighted by Gasteiger charge is -2.23. The van der Waals surface area contributed by atoms with Crippen molar-refractivity contribution in [3.63, 3.8) is 0 Å². The molecule has 0 aliphatic carbocycles. The smallest absolute Gasteiger partial charge is 0.243 e. The Labute approximate surface area is 228 Å². The van der Waals surface area contributed by atoms with E-state index in [1.807, 2.05) is 48.5 Å². The van der Waals surface area contributed by atoms with Crippen molar-refractivity contribution in [3.05, 3.63) is 118 Å². The number of para-hydroxylation sites is 1. The van der Waals surface area contributed by atoms with Crippen molar-refractivity contribution in [1.29, 1.82) is 0 Å². The average molecular weight is 602 g/mol. The van der Waals surface area contributed by atoms with Gasteiger partial charge in [0.25, 0.3) is 0 Å². The Morgan fingerprint density at radius 2 is 1.50 bits per heavy atom. The minimum Gasteiger partial charge on any atom is -0.324 e. The molecule has 9 heteroatoms. The van der Waals surface area contributed by atoms with Crippen LogP contribution in [0, 0.1) is 0 Å². The Balaban J connectivity index is 1.59. The number of sulfonamides is 1. The third-order valence-corrected chi connectivity index (χ3v) is 9.00. The minimum atomic E-state index is -3.99. The monoisotopic (exact) mass is 600 g/mol. The van der Waals surface area contributed by atoms with Gasteiger partial charge in [-0.25, -0.2) is 8.42 Å². The molecule has 0 aromatic heterocycles. The van der Waals surface area contributed by atoms with Crippen molar-refractivity contribution in [3.8, 4) is 0 Å². The highest BCUT2D eigenvalue weighted by atomic mass is 79.9. The molecule has 1 amide bonds. The van der Waals surface area contributed by atoms with E-state index in [0.717, 1.165) is 18.6 Å². The Hall–Kier alpha value is -2.62. The molecule has 0 heterocycles. The molecular formula is C27H22BrClN2O3S2. The zero-order valence-electron chi connectivity index (χ0n) is 19.0. The van der Waals surface area contributed by atoms with Crippen LogP contribution in [0.1, 0.15) is 5.56 Å². The Morgan fingerprint density at radius 1 is 0.861 bits per heavy atom. The highest BCUT2D eigenvalue weighted by Crippen LogP contribution is 2.33. The molecule has 1 N–H and O–H groups in total. The van der Waals surface area contributed by atoms with Crippen LogP contribution in [0.5, 0.6) is 0 Å². The van der Waals surface area contributed by atoms with Crippen molar-refractivity contribution >= 4 is 60.9 Å². The summed E-state index contributed by atoms with van der Waals surface area (Å²) in [5.41, 5.74) is 1.21. The molecule has 0 radical (unpaired) electrons. The number of hydrogen-bond acceptors (Lipinski definition) is 4. The van der Waals surface area contributed by atoms with Gasteiger partial charge >= 0.3 is 0 Å². The number of hydrogen-bond donors (Lipinski definition) is 1. The van der Waals surface area contributed by atoms with Gasteiger partial charge in [-0.15, -0.1) is 0 Å². The highest BCUT2D eigenvalue weighted by molar-refractivity contribution is 9.10. The molecule has 0 saturated carbocycles. The van der Waals surface area contributed by atoms with Crippen molar-refractivity contribution in [2.24, 2.45) is 0 Å². The third kappa shape index (κ3) is 6.78. The molecule has 0 bridgehead atoms. The summed E-state index contributed by atoms with van der Waals surface area (Å²) >= 11 is 11.2. The fourth-order valence-electron chi connectivity index (χ4n) is 3.42. The van der Waals surface area contributed by atoms with Crippen molar-refractivity contribution in [2.45, 2.75) is 21.2 Å². The maximum Gasteiger partial charge on any atom is 0.243 e. The van der Waals surface area contributed by atoms with Gasteiger partial charge in [-0.1, -0.05) is 87.8 Å². The number of amides is 1. The van der Waals surface area contributed by atoms with Crippen LogP contribution in [0.2, 0.25) is 5.02 Å². The maximum absolute atomic E-state index is 13.5. The molecule has 0 aliphatic rings. The summed E-state index contributed by atoms with van der Waals surface area (Å²) < 4.78 is 29.0. The molecule has 184 valence electrons. The lowest BCUT2D eigenvalue weighted by atomic mass is 10.2. The number of carbonyl (C=O) groups is 1. The number of anilines is 1. The van der Waals surface area contributed by atoms with Crippen LogP contribution in [0.25, 0.3) is 0 Å². The van der Waals surface area contributed by atoms with Gasteiger partial charge in [0.2, 0.25) is 15.9 Å². The summed E-state index contributed by atoms with van der Waals surface area (Å²) in [6.45, 7) is -0.431. The average Bonchev–Trinajstić information content (AvgIpc) is 2.87. The fraction of sp³-hybridized carbons (Fsp3) is 0.0741. The molecule has 4 aromatic rings. The van der Waals surface area contributed by atoms with E-state index < -0.39 is 15.9 Å². The number of rotatable bonds is 9. The second kappa shape index (κ2) is 12.1. The van der Waals surface area contributed by atoms with Crippen LogP contribution in [-0.4, -0.2) is 25.2 Å². The summed E-state index contributed by atoms with van der Waals surface area (Å²) in [7, 11) is -3.99. The molecule has 36 heavy (non-hydrogen) atoms. The van der Waals surface area contributed by atoms with E-state index in [2.05, 4.69) is 21.2 Å². The summed E-state index contributed by atoms with van der Waals surface area (Å²) in [4.78, 5) is 15.1. The van der Waals surface area contributed by atoms with E-state index in [-0.39, 0.29) is 18.0 Å². The van der Waals surface area contributed by atoms with Crippen molar-refractivity contribution in [2.75, 3.05) is 11.9 Å². The van der Waals surface area contributed by atoms with Gasteiger partial charge in [0.1, 0.15) is 0 Å². The number of halogens is 2. The first-order valence-corrected chi connectivity index (χ1v) is 14.4. The third-order valence-electron chi connectivity index (χ3n) is 5.21. The van der Waals surface area contributed by atoms with Gasteiger partial charge in [0.15, 0.2) is 0 Å². The normalized spacial score (nSPS) is 11.4. The molecule has 5 nitrogen and oxygen atoms in total. The molecular weight excluding hydrogens is 580 g/mol. The highest BCUT2D eigenvalue weighted by Gasteiger charge is 2.28. The number of nitrogens with one attached hydrogen (secondary N) is 1. The van der Waals surface area contributed by atoms with Gasteiger partial charge in [-0.05, 0) is 60.2 Å². The summed E-state index contributed by atoms with van der Waals surface area (Å²) in [6, 6.07) is 30.5. The number of benzene rings is 4. The quantitative estimate of drug-likeness (QED) is 0.223. The lowest BCUT2D eigenvalue weighted by molar-refractivity contribution is -0.116. The Kier molecular flexibility index (Phi) is 8.87. The fourth-order valence-corrected chi connectivity index (χ4v) is 6.18. The maximum atomic E-state index is 13.5. The molecule has 0 unspecified atom stereocenters. The van der Waals surface area contributed by atoms with Crippen LogP contribution in [0.3, 0.4) is 0 Å². The van der Waals surface area contributed by atoms with E-state index in [4.69, 9.17) is 11.6 Å². The lowest BCUT2D eigenvalue weighted by Crippen LogP contribution is -2.37. The van der Waals surface area contributed by atoms with Gasteiger partial charge in [0, 0.05) is 25.8 Å². The summed E-state index contributed by atoms with van der Waals surface area (Å²) in [6.07, 6.45) is 0. The molecule has 0 spiro atoms. The van der Waals surface area contributed by atoms with Crippen LogP contribution >= 0.6 is 39.3 Å².